The van der Waals surface area contributed by atoms with Gasteiger partial charge in [0, 0.05) is 33.0 Å². The quantitative estimate of drug-likeness (QED) is 0.183. The van der Waals surface area contributed by atoms with E-state index in [1.54, 1.807) is 0 Å². The van der Waals surface area contributed by atoms with E-state index in [0.717, 1.165) is 66.5 Å². The zero-order chi connectivity index (χ0) is 32.2. The Morgan fingerprint density at radius 3 is 1.79 bits per heavy atom. The number of para-hydroxylation sites is 5. The molecule has 48 heavy (non-hydrogen) atoms. The predicted octanol–water partition coefficient (Wildman–Crippen LogP) is 11.6. The van der Waals surface area contributed by atoms with Gasteiger partial charge in [-0.05, 0) is 65.0 Å². The molecular weight excluding hydrogens is 585 g/mol. The Morgan fingerprint density at radius 1 is 0.500 bits per heavy atom. The minimum atomic E-state index is 0.606. The molecule has 222 valence electrons. The van der Waals surface area contributed by atoms with Crippen LogP contribution >= 0.6 is 0 Å². The van der Waals surface area contributed by atoms with Gasteiger partial charge in [0.1, 0.15) is 0 Å². The van der Waals surface area contributed by atoms with E-state index in [9.17, 15) is 5.26 Å². The van der Waals surface area contributed by atoms with Gasteiger partial charge in [-0.1, -0.05) is 109 Å². The maximum absolute atomic E-state index is 10.3. The zero-order valence-electron chi connectivity index (χ0n) is 25.8. The van der Waals surface area contributed by atoms with Gasteiger partial charge >= 0.3 is 0 Å². The van der Waals surface area contributed by atoms with E-state index < -0.39 is 0 Å². The Bertz CT molecular complexity index is 2760. The molecule has 7 aromatic carbocycles. The van der Waals surface area contributed by atoms with Crippen LogP contribution in [0.25, 0.3) is 82.1 Å². The molecular formula is C44H26N4. The molecule has 2 aromatic heterocycles. The summed E-state index contributed by atoms with van der Waals surface area (Å²) in [6.45, 7) is 7.93. The highest BCUT2D eigenvalue weighted by Gasteiger charge is 2.18. The van der Waals surface area contributed by atoms with Gasteiger partial charge in [-0.3, -0.25) is 0 Å². The van der Waals surface area contributed by atoms with Crippen LogP contribution in [-0.2, 0) is 0 Å². The minimum Gasteiger partial charge on any atom is -0.319 e. The SMILES string of the molecule is [C-]#[N+]c1cccc2c3ccccc3n(-c3cccc(-c4cc(-c5ccccc5-n5c6ccccc6c6ccccc65)ccc4C#N)c3)c12. The Hall–Kier alpha value is -6.88. The first-order valence-corrected chi connectivity index (χ1v) is 15.9. The summed E-state index contributed by atoms with van der Waals surface area (Å²) in [5, 5.41) is 14.9. The average molecular weight is 611 g/mol. The first kappa shape index (κ1) is 27.4. The second kappa shape index (κ2) is 10.9. The van der Waals surface area contributed by atoms with Crippen molar-refractivity contribution in [2.45, 2.75) is 0 Å². The summed E-state index contributed by atoms with van der Waals surface area (Å²) >= 11 is 0. The number of hydrogen-bond acceptors (Lipinski definition) is 1. The fourth-order valence-corrected chi connectivity index (χ4v) is 7.31. The highest BCUT2D eigenvalue weighted by molar-refractivity contribution is 6.13. The van der Waals surface area contributed by atoms with Gasteiger partial charge in [-0.15, -0.1) is 0 Å². The summed E-state index contributed by atoms with van der Waals surface area (Å²) in [5.41, 5.74) is 11.4. The van der Waals surface area contributed by atoms with Crippen molar-refractivity contribution in [3.8, 4) is 39.7 Å². The van der Waals surface area contributed by atoms with Gasteiger partial charge in [-0.25, -0.2) is 4.85 Å². The molecule has 0 N–H and O–H groups in total. The van der Waals surface area contributed by atoms with Gasteiger partial charge in [0.2, 0.25) is 5.69 Å². The lowest BCUT2D eigenvalue weighted by Gasteiger charge is -2.16. The van der Waals surface area contributed by atoms with E-state index in [4.69, 9.17) is 6.57 Å². The average Bonchev–Trinajstić information content (AvgIpc) is 3.68. The first-order valence-electron chi connectivity index (χ1n) is 15.9. The number of fused-ring (bicyclic) bond motifs is 6. The highest BCUT2D eigenvalue weighted by atomic mass is 15.0. The van der Waals surface area contributed by atoms with E-state index >= 15 is 0 Å². The molecule has 4 heteroatoms. The molecule has 0 unspecified atom stereocenters. The molecule has 2 heterocycles. The van der Waals surface area contributed by atoms with Crippen LogP contribution in [0.5, 0.6) is 0 Å². The van der Waals surface area contributed by atoms with E-state index in [1.165, 1.54) is 10.8 Å². The summed E-state index contributed by atoms with van der Waals surface area (Å²) in [6, 6.07) is 56.6. The standard InChI is InChI=1S/C44H26N4/c1-46-39-19-11-18-37-36-17-5-7-21-41(36)47(44(37)39)32-13-10-12-29(26-32)38-27-30(24-25-31(38)28-45)33-14-2-6-20-40(33)48-42-22-8-3-15-34(42)35-16-4-9-23-43(35)48/h2-27H. The van der Waals surface area contributed by atoms with Crippen LogP contribution in [0, 0.1) is 17.9 Å². The number of benzene rings is 7. The first-order chi connectivity index (χ1) is 23.7. The number of hydrogen-bond donors (Lipinski definition) is 0. The van der Waals surface area contributed by atoms with Gasteiger partial charge in [0.25, 0.3) is 0 Å². The number of aromatic nitrogens is 2. The van der Waals surface area contributed by atoms with Crippen molar-refractivity contribution >= 4 is 49.3 Å². The van der Waals surface area contributed by atoms with Crippen molar-refractivity contribution < 1.29 is 0 Å². The van der Waals surface area contributed by atoms with Crippen molar-refractivity contribution in [1.82, 2.24) is 9.13 Å². The van der Waals surface area contributed by atoms with Crippen molar-refractivity contribution in [3.63, 3.8) is 0 Å². The fraction of sp³-hybridized carbons (Fsp3) is 0. The van der Waals surface area contributed by atoms with Crippen LogP contribution in [0.1, 0.15) is 5.56 Å². The van der Waals surface area contributed by atoms with Crippen LogP contribution in [0.15, 0.2) is 158 Å². The third-order valence-corrected chi connectivity index (χ3v) is 9.39. The highest BCUT2D eigenvalue weighted by Crippen LogP contribution is 2.40. The second-order valence-electron chi connectivity index (χ2n) is 11.9. The molecule has 0 aliphatic carbocycles. The van der Waals surface area contributed by atoms with Crippen LogP contribution in [0.3, 0.4) is 0 Å². The lowest BCUT2D eigenvalue weighted by molar-refractivity contribution is 1.18. The lowest BCUT2D eigenvalue weighted by atomic mass is 9.94. The Labute approximate surface area is 277 Å². The van der Waals surface area contributed by atoms with Crippen molar-refractivity contribution in [2.24, 2.45) is 0 Å². The molecule has 9 aromatic rings. The molecule has 0 saturated carbocycles. The smallest absolute Gasteiger partial charge is 0.211 e. The third-order valence-electron chi connectivity index (χ3n) is 9.39. The molecule has 0 fully saturated rings. The summed E-state index contributed by atoms with van der Waals surface area (Å²) in [5.74, 6) is 0. The molecule has 0 aliphatic rings. The van der Waals surface area contributed by atoms with Gasteiger partial charge in [-0.2, -0.15) is 5.26 Å². The molecule has 0 atom stereocenters. The molecule has 0 bridgehead atoms. The van der Waals surface area contributed by atoms with Crippen molar-refractivity contribution in [3.05, 3.63) is 175 Å². The van der Waals surface area contributed by atoms with Crippen molar-refractivity contribution in [1.29, 1.82) is 5.26 Å². The number of nitrogens with zero attached hydrogens (tertiary/aromatic N) is 4. The van der Waals surface area contributed by atoms with Crippen LogP contribution in [-0.4, -0.2) is 9.13 Å². The Balaban J connectivity index is 1.25. The van der Waals surface area contributed by atoms with Crippen LogP contribution < -0.4 is 0 Å². The van der Waals surface area contributed by atoms with Crippen LogP contribution in [0.4, 0.5) is 5.69 Å². The van der Waals surface area contributed by atoms with E-state index in [0.29, 0.717) is 11.3 Å². The Kier molecular flexibility index (Phi) is 6.22. The number of rotatable bonds is 4. The van der Waals surface area contributed by atoms with Gasteiger partial charge in [0.05, 0.1) is 46.0 Å². The van der Waals surface area contributed by atoms with E-state index in [-0.39, 0.29) is 0 Å². The largest absolute Gasteiger partial charge is 0.319 e. The minimum absolute atomic E-state index is 0.606. The molecule has 0 amide bonds. The van der Waals surface area contributed by atoms with Crippen LogP contribution in [0.2, 0.25) is 0 Å². The monoisotopic (exact) mass is 610 g/mol. The molecule has 0 spiro atoms. The van der Waals surface area contributed by atoms with E-state index in [1.807, 2.05) is 42.5 Å². The topological polar surface area (TPSA) is 38.0 Å². The molecule has 4 nitrogen and oxygen atoms in total. The third kappa shape index (κ3) is 4.07. The van der Waals surface area contributed by atoms with Crippen molar-refractivity contribution in [2.75, 3.05) is 0 Å². The predicted molar refractivity (Wildman–Crippen MR) is 197 cm³/mol. The normalized spacial score (nSPS) is 11.3. The Morgan fingerprint density at radius 2 is 1.08 bits per heavy atom. The second-order valence-corrected chi connectivity index (χ2v) is 11.9. The zero-order valence-corrected chi connectivity index (χ0v) is 25.8. The summed E-state index contributed by atoms with van der Waals surface area (Å²) < 4.78 is 4.52. The maximum Gasteiger partial charge on any atom is 0.211 e. The molecule has 0 saturated heterocycles. The summed E-state index contributed by atoms with van der Waals surface area (Å²) in [7, 11) is 0. The summed E-state index contributed by atoms with van der Waals surface area (Å²) in [4.78, 5) is 3.88. The maximum atomic E-state index is 10.3. The molecule has 9 rings (SSSR count). The van der Waals surface area contributed by atoms with Gasteiger partial charge in [0.15, 0.2) is 0 Å². The van der Waals surface area contributed by atoms with E-state index in [2.05, 4.69) is 135 Å². The molecule has 0 radical (unpaired) electrons. The lowest BCUT2D eigenvalue weighted by Crippen LogP contribution is -1.98. The summed E-state index contributed by atoms with van der Waals surface area (Å²) in [6.07, 6.45) is 0. The number of nitriles is 1. The van der Waals surface area contributed by atoms with Gasteiger partial charge < -0.3 is 9.13 Å². The fourth-order valence-electron chi connectivity index (χ4n) is 7.31. The molecule has 0 aliphatic heterocycles.